The number of nitrogens with two attached hydrogens (primary N) is 1. The quantitative estimate of drug-likeness (QED) is 0.710. The third-order valence-corrected chi connectivity index (χ3v) is 2.46. The van der Waals surface area contributed by atoms with Crippen molar-refractivity contribution in [3.05, 3.63) is 35.1 Å². The number of carbonyl (C=O) groups excluding carboxylic acids is 2. The first-order valence-corrected chi connectivity index (χ1v) is 5.55. The van der Waals surface area contributed by atoms with Gasteiger partial charge in [-0.3, -0.25) is 4.79 Å². The molecule has 0 saturated heterocycles. The van der Waals surface area contributed by atoms with Crippen molar-refractivity contribution in [1.29, 1.82) is 0 Å². The number of hydrogen-bond donors (Lipinski definition) is 3. The van der Waals surface area contributed by atoms with Crippen LogP contribution >= 0.6 is 0 Å². The van der Waals surface area contributed by atoms with Crippen LogP contribution in [0.25, 0.3) is 0 Å². The summed E-state index contributed by atoms with van der Waals surface area (Å²) in [7, 11) is 1.40. The highest BCUT2D eigenvalue weighted by atomic mass is 19.1. The summed E-state index contributed by atoms with van der Waals surface area (Å²) in [6.45, 7) is -0.429. The number of primary amides is 1. The van der Waals surface area contributed by atoms with E-state index in [1.165, 1.54) is 19.2 Å². The number of nitrogens with one attached hydrogen (secondary N) is 1. The summed E-state index contributed by atoms with van der Waals surface area (Å²) in [4.78, 5) is 21.9. The Morgan fingerprint density at radius 2 is 2.21 bits per heavy atom. The molecule has 0 heterocycles. The first-order valence-electron chi connectivity index (χ1n) is 5.55. The maximum absolute atomic E-state index is 13.6. The second kappa shape index (κ2) is 6.69. The number of aliphatic hydroxyl groups excluding tert-OH is 1. The zero-order valence-electron chi connectivity index (χ0n) is 10.4. The van der Waals surface area contributed by atoms with Crippen molar-refractivity contribution < 1.29 is 23.8 Å². The van der Waals surface area contributed by atoms with E-state index in [-0.39, 0.29) is 12.0 Å². The highest BCUT2D eigenvalue weighted by Crippen LogP contribution is 2.13. The highest BCUT2D eigenvalue weighted by molar-refractivity contribution is 5.94. The van der Waals surface area contributed by atoms with E-state index in [2.05, 4.69) is 10.1 Å². The summed E-state index contributed by atoms with van der Waals surface area (Å²) in [6, 6.07) is 3.99. The van der Waals surface area contributed by atoms with Gasteiger partial charge in [0.1, 0.15) is 11.9 Å². The van der Waals surface area contributed by atoms with Crippen LogP contribution < -0.4 is 11.1 Å². The largest absolute Gasteiger partial charge is 0.444 e. The Balaban J connectivity index is 2.83. The molecule has 1 rings (SSSR count). The monoisotopic (exact) mass is 270 g/mol. The SMILES string of the molecule is CNC(=O)c1ccc(CC(CO)OC(N)=O)cc1F. The number of amides is 2. The molecule has 1 unspecified atom stereocenters. The standard InChI is InChI=1S/C12H15FN2O4/c1-15-11(17)9-3-2-7(5-10(9)13)4-8(6-16)19-12(14)18/h2-3,5,8,16H,4,6H2,1H3,(H2,14,18)(H,15,17). The fourth-order valence-corrected chi connectivity index (χ4v) is 1.58. The molecular weight excluding hydrogens is 255 g/mol. The predicted octanol–water partition coefficient (Wildman–Crippen LogP) is 0.184. The van der Waals surface area contributed by atoms with Crippen LogP contribution in [0.4, 0.5) is 9.18 Å². The van der Waals surface area contributed by atoms with Crippen LogP contribution in [-0.2, 0) is 11.2 Å². The van der Waals surface area contributed by atoms with Crippen LogP contribution in [0.5, 0.6) is 0 Å². The molecule has 2 amide bonds. The van der Waals surface area contributed by atoms with Gasteiger partial charge in [0.15, 0.2) is 0 Å². The lowest BCUT2D eigenvalue weighted by atomic mass is 10.0. The van der Waals surface area contributed by atoms with Crippen LogP contribution in [0.1, 0.15) is 15.9 Å². The Morgan fingerprint density at radius 3 is 2.68 bits per heavy atom. The van der Waals surface area contributed by atoms with Gasteiger partial charge in [-0.25, -0.2) is 9.18 Å². The summed E-state index contributed by atoms with van der Waals surface area (Å²) < 4.78 is 18.3. The molecule has 0 aliphatic carbocycles. The van der Waals surface area contributed by atoms with E-state index in [1.54, 1.807) is 0 Å². The second-order valence-electron chi connectivity index (χ2n) is 3.84. The lowest BCUT2D eigenvalue weighted by Gasteiger charge is -2.14. The summed E-state index contributed by atoms with van der Waals surface area (Å²) in [5, 5.41) is 11.3. The maximum Gasteiger partial charge on any atom is 0.404 e. The third-order valence-electron chi connectivity index (χ3n) is 2.46. The number of hydrogen-bond acceptors (Lipinski definition) is 4. The molecule has 0 aliphatic rings. The Kier molecular flexibility index (Phi) is 5.25. The summed E-state index contributed by atoms with van der Waals surface area (Å²) in [5.41, 5.74) is 5.23. The van der Waals surface area contributed by atoms with E-state index in [1.807, 2.05) is 0 Å². The minimum Gasteiger partial charge on any atom is -0.444 e. The normalized spacial score (nSPS) is 11.7. The lowest BCUT2D eigenvalue weighted by molar-refractivity contribution is 0.0639. The zero-order valence-corrected chi connectivity index (χ0v) is 10.4. The van der Waals surface area contributed by atoms with E-state index in [0.717, 1.165) is 6.07 Å². The van der Waals surface area contributed by atoms with E-state index in [0.29, 0.717) is 5.56 Å². The Hall–Kier alpha value is -2.15. The smallest absolute Gasteiger partial charge is 0.404 e. The molecule has 0 aliphatic heterocycles. The molecule has 1 aromatic rings. The topological polar surface area (TPSA) is 102 Å². The van der Waals surface area contributed by atoms with Gasteiger partial charge in [-0.15, -0.1) is 0 Å². The Labute approximate surface area is 109 Å². The molecule has 4 N–H and O–H groups in total. The van der Waals surface area contributed by atoms with Crippen LogP contribution in [-0.4, -0.2) is 36.9 Å². The molecule has 104 valence electrons. The van der Waals surface area contributed by atoms with Crippen molar-refractivity contribution in [2.45, 2.75) is 12.5 Å². The molecule has 1 atom stereocenters. The lowest BCUT2D eigenvalue weighted by Crippen LogP contribution is -2.27. The molecule has 0 radical (unpaired) electrons. The second-order valence-corrected chi connectivity index (χ2v) is 3.84. The van der Waals surface area contributed by atoms with Gasteiger partial charge in [0.2, 0.25) is 0 Å². The van der Waals surface area contributed by atoms with Gasteiger partial charge in [0.25, 0.3) is 5.91 Å². The van der Waals surface area contributed by atoms with Gasteiger partial charge >= 0.3 is 6.09 Å². The van der Waals surface area contributed by atoms with Crippen LogP contribution in [0.2, 0.25) is 0 Å². The molecular formula is C12H15FN2O4. The molecule has 19 heavy (non-hydrogen) atoms. The van der Waals surface area contributed by atoms with Crippen LogP contribution in [0, 0.1) is 5.82 Å². The van der Waals surface area contributed by atoms with Gasteiger partial charge in [-0.2, -0.15) is 0 Å². The number of benzene rings is 1. The van der Waals surface area contributed by atoms with Crippen molar-refractivity contribution in [3.63, 3.8) is 0 Å². The average Bonchev–Trinajstić information content (AvgIpc) is 2.36. The average molecular weight is 270 g/mol. The van der Waals surface area contributed by atoms with Gasteiger partial charge in [-0.1, -0.05) is 6.07 Å². The van der Waals surface area contributed by atoms with Gasteiger partial charge in [0.05, 0.1) is 12.2 Å². The molecule has 1 aromatic carbocycles. The van der Waals surface area contributed by atoms with Crippen molar-refractivity contribution in [2.24, 2.45) is 5.73 Å². The minimum absolute atomic E-state index is 0.0809. The molecule has 6 nitrogen and oxygen atoms in total. The van der Waals surface area contributed by atoms with E-state index in [4.69, 9.17) is 10.8 Å². The zero-order chi connectivity index (χ0) is 14.4. The van der Waals surface area contributed by atoms with Crippen molar-refractivity contribution in [1.82, 2.24) is 5.32 Å². The molecule has 0 spiro atoms. The first-order chi connectivity index (χ1) is 8.97. The fourth-order valence-electron chi connectivity index (χ4n) is 1.58. The van der Waals surface area contributed by atoms with Crippen molar-refractivity contribution in [2.75, 3.05) is 13.7 Å². The summed E-state index contributed by atoms with van der Waals surface area (Å²) >= 11 is 0. The molecule has 0 bridgehead atoms. The van der Waals surface area contributed by atoms with E-state index in [9.17, 15) is 14.0 Å². The number of rotatable bonds is 5. The van der Waals surface area contributed by atoms with Crippen LogP contribution in [0.15, 0.2) is 18.2 Å². The van der Waals surface area contributed by atoms with E-state index >= 15 is 0 Å². The Morgan fingerprint density at radius 1 is 1.53 bits per heavy atom. The number of ether oxygens (including phenoxy) is 1. The van der Waals surface area contributed by atoms with Gasteiger partial charge < -0.3 is 20.9 Å². The molecule has 0 aromatic heterocycles. The van der Waals surface area contributed by atoms with Gasteiger partial charge in [-0.05, 0) is 17.7 Å². The number of carbonyl (C=O) groups is 2. The van der Waals surface area contributed by atoms with E-state index < -0.39 is 30.5 Å². The minimum atomic E-state index is -1.01. The Bertz CT molecular complexity index is 479. The van der Waals surface area contributed by atoms with Gasteiger partial charge in [0, 0.05) is 13.5 Å². The molecule has 7 heteroatoms. The molecule has 0 fully saturated rings. The first kappa shape index (κ1) is 14.9. The highest BCUT2D eigenvalue weighted by Gasteiger charge is 2.15. The van der Waals surface area contributed by atoms with Crippen molar-refractivity contribution in [3.8, 4) is 0 Å². The fraction of sp³-hybridized carbons (Fsp3) is 0.333. The van der Waals surface area contributed by atoms with Crippen molar-refractivity contribution >= 4 is 12.0 Å². The third kappa shape index (κ3) is 4.22. The summed E-state index contributed by atoms with van der Waals surface area (Å²) in [6.07, 6.45) is -1.76. The predicted molar refractivity (Wildman–Crippen MR) is 65.0 cm³/mol. The number of aliphatic hydroxyl groups is 1. The number of halogens is 1. The molecule has 0 saturated carbocycles. The van der Waals surface area contributed by atoms with Crippen LogP contribution in [0.3, 0.4) is 0 Å². The summed E-state index contributed by atoms with van der Waals surface area (Å²) in [5.74, 6) is -1.22. The maximum atomic E-state index is 13.6.